The minimum absolute atomic E-state index is 0.0284. The summed E-state index contributed by atoms with van der Waals surface area (Å²) in [6.07, 6.45) is 0.970. The predicted molar refractivity (Wildman–Crippen MR) is 59.4 cm³/mol. The smallest absolute Gasteiger partial charge is 0.261 e. The summed E-state index contributed by atoms with van der Waals surface area (Å²) in [6.45, 7) is 4.76. The Kier molecular flexibility index (Phi) is 3.93. The van der Waals surface area contributed by atoms with Gasteiger partial charge in [0.1, 0.15) is 0 Å². The molecule has 0 spiro atoms. The molecule has 0 unspecified atom stereocenters. The van der Waals surface area contributed by atoms with Crippen molar-refractivity contribution in [1.82, 2.24) is 5.32 Å². The van der Waals surface area contributed by atoms with E-state index in [4.69, 9.17) is 0 Å². The van der Waals surface area contributed by atoms with E-state index in [0.717, 1.165) is 27.2 Å². The summed E-state index contributed by atoms with van der Waals surface area (Å²) in [5.74, 6) is 0.0284. The summed E-state index contributed by atoms with van der Waals surface area (Å²) in [4.78, 5) is 12.2. The molecule has 1 N–H and O–H groups in total. The lowest BCUT2D eigenvalue weighted by Gasteiger charge is -1.98. The second-order valence-electron chi connectivity index (χ2n) is 2.82. The van der Waals surface area contributed by atoms with Crippen molar-refractivity contribution in [3.8, 4) is 0 Å². The van der Waals surface area contributed by atoms with Gasteiger partial charge in [0.2, 0.25) is 0 Å². The Morgan fingerprint density at radius 3 is 2.85 bits per heavy atom. The number of rotatable bonds is 3. The van der Waals surface area contributed by atoms with Crippen molar-refractivity contribution in [2.75, 3.05) is 6.54 Å². The molecule has 0 bridgehead atoms. The van der Waals surface area contributed by atoms with Gasteiger partial charge in [0.15, 0.2) is 0 Å². The van der Waals surface area contributed by atoms with Gasteiger partial charge in [-0.05, 0) is 40.9 Å². The van der Waals surface area contributed by atoms with E-state index in [1.807, 2.05) is 19.9 Å². The van der Waals surface area contributed by atoms with Crippen molar-refractivity contribution < 1.29 is 4.79 Å². The van der Waals surface area contributed by atoms with Crippen LogP contribution >= 0.6 is 27.3 Å². The Labute approximate surface area is 90.5 Å². The first-order valence-electron chi connectivity index (χ1n) is 4.19. The number of aryl methyl sites for hydroxylation is 1. The summed E-state index contributed by atoms with van der Waals surface area (Å²) in [6, 6.07) is 1.90. The highest BCUT2D eigenvalue weighted by Gasteiger charge is 2.09. The largest absolute Gasteiger partial charge is 0.351 e. The van der Waals surface area contributed by atoms with Crippen LogP contribution in [0.5, 0.6) is 0 Å². The van der Waals surface area contributed by atoms with E-state index in [0.29, 0.717) is 0 Å². The average molecular weight is 262 g/mol. The lowest BCUT2D eigenvalue weighted by molar-refractivity contribution is 0.0957. The number of thiophene rings is 1. The van der Waals surface area contributed by atoms with Crippen molar-refractivity contribution in [3.05, 3.63) is 20.3 Å². The number of hydrogen-bond donors (Lipinski definition) is 1. The van der Waals surface area contributed by atoms with Crippen molar-refractivity contribution in [2.45, 2.75) is 20.3 Å². The number of carbonyl (C=O) groups excluding carboxylic acids is 1. The van der Waals surface area contributed by atoms with Gasteiger partial charge in [0.25, 0.3) is 5.91 Å². The summed E-state index contributed by atoms with van der Waals surface area (Å²) >= 11 is 4.87. The van der Waals surface area contributed by atoms with Gasteiger partial charge in [-0.3, -0.25) is 4.79 Å². The van der Waals surface area contributed by atoms with Crippen LogP contribution in [0.15, 0.2) is 9.85 Å². The molecule has 0 radical (unpaired) electrons. The van der Waals surface area contributed by atoms with Crippen molar-refractivity contribution >= 4 is 33.2 Å². The van der Waals surface area contributed by atoms with Crippen LogP contribution in [0.4, 0.5) is 0 Å². The first-order valence-corrected chi connectivity index (χ1v) is 5.80. The molecule has 1 aromatic rings. The average Bonchev–Trinajstić information content (AvgIpc) is 2.43. The fourth-order valence-electron chi connectivity index (χ4n) is 0.897. The zero-order chi connectivity index (χ0) is 9.84. The SMILES string of the molecule is CCCNC(=O)c1cc(C)c(Br)s1. The number of hydrogen-bond acceptors (Lipinski definition) is 2. The third-order valence-electron chi connectivity index (χ3n) is 1.62. The van der Waals surface area contributed by atoms with Gasteiger partial charge in [-0.2, -0.15) is 0 Å². The van der Waals surface area contributed by atoms with Gasteiger partial charge < -0.3 is 5.32 Å². The summed E-state index contributed by atoms with van der Waals surface area (Å²) in [5.41, 5.74) is 1.12. The van der Waals surface area contributed by atoms with Gasteiger partial charge >= 0.3 is 0 Å². The van der Waals surface area contributed by atoms with Crippen molar-refractivity contribution in [2.24, 2.45) is 0 Å². The maximum atomic E-state index is 11.4. The van der Waals surface area contributed by atoms with Gasteiger partial charge in [-0.15, -0.1) is 11.3 Å². The van der Waals surface area contributed by atoms with E-state index in [1.165, 1.54) is 11.3 Å². The molecule has 0 fully saturated rings. The molecule has 0 aliphatic carbocycles. The van der Waals surface area contributed by atoms with E-state index < -0.39 is 0 Å². The molecule has 0 saturated heterocycles. The molecule has 4 heteroatoms. The topological polar surface area (TPSA) is 29.1 Å². The molecule has 2 nitrogen and oxygen atoms in total. The molecular formula is C9H12BrNOS. The van der Waals surface area contributed by atoms with Gasteiger partial charge in [-0.1, -0.05) is 6.92 Å². The van der Waals surface area contributed by atoms with Crippen LogP contribution in [-0.4, -0.2) is 12.5 Å². The summed E-state index contributed by atoms with van der Waals surface area (Å²) in [7, 11) is 0. The minimum atomic E-state index is 0.0284. The molecule has 1 heterocycles. The maximum Gasteiger partial charge on any atom is 0.261 e. The first-order chi connectivity index (χ1) is 6.15. The van der Waals surface area contributed by atoms with Crippen LogP contribution in [-0.2, 0) is 0 Å². The Balaban J connectivity index is 2.66. The second-order valence-corrected chi connectivity index (χ2v) is 5.19. The van der Waals surface area contributed by atoms with E-state index in [9.17, 15) is 4.79 Å². The number of amides is 1. The molecule has 13 heavy (non-hydrogen) atoms. The quantitative estimate of drug-likeness (QED) is 0.891. The Morgan fingerprint density at radius 2 is 2.38 bits per heavy atom. The fraction of sp³-hybridized carbons (Fsp3) is 0.444. The fourth-order valence-corrected chi connectivity index (χ4v) is 2.35. The number of nitrogens with one attached hydrogen (secondary N) is 1. The van der Waals surface area contributed by atoms with Crippen LogP contribution in [0.1, 0.15) is 28.6 Å². The molecule has 0 aliphatic rings. The van der Waals surface area contributed by atoms with E-state index in [-0.39, 0.29) is 5.91 Å². The van der Waals surface area contributed by atoms with Crippen molar-refractivity contribution in [1.29, 1.82) is 0 Å². The lowest BCUT2D eigenvalue weighted by Crippen LogP contribution is -2.22. The highest BCUT2D eigenvalue weighted by Crippen LogP contribution is 2.26. The highest BCUT2D eigenvalue weighted by atomic mass is 79.9. The van der Waals surface area contributed by atoms with E-state index in [1.54, 1.807) is 0 Å². The van der Waals surface area contributed by atoms with E-state index in [2.05, 4.69) is 21.2 Å². The molecule has 0 aliphatic heterocycles. The zero-order valence-corrected chi connectivity index (χ0v) is 10.1. The van der Waals surface area contributed by atoms with Crippen molar-refractivity contribution in [3.63, 3.8) is 0 Å². The van der Waals surface area contributed by atoms with Crippen LogP contribution in [0.3, 0.4) is 0 Å². The van der Waals surface area contributed by atoms with Crippen LogP contribution in [0, 0.1) is 6.92 Å². The number of halogens is 1. The van der Waals surface area contributed by atoms with Gasteiger partial charge in [0, 0.05) is 6.54 Å². The Bertz CT molecular complexity index is 289. The molecule has 72 valence electrons. The minimum Gasteiger partial charge on any atom is -0.351 e. The molecule has 0 aromatic carbocycles. The molecular weight excluding hydrogens is 250 g/mol. The highest BCUT2D eigenvalue weighted by molar-refractivity contribution is 9.11. The molecule has 0 atom stereocenters. The summed E-state index contributed by atoms with van der Waals surface area (Å²) < 4.78 is 1.04. The Hall–Kier alpha value is -0.350. The van der Waals surface area contributed by atoms with E-state index >= 15 is 0 Å². The van der Waals surface area contributed by atoms with Gasteiger partial charge in [-0.25, -0.2) is 0 Å². The zero-order valence-electron chi connectivity index (χ0n) is 7.69. The Morgan fingerprint density at radius 1 is 1.69 bits per heavy atom. The standard InChI is InChI=1S/C9H12BrNOS/c1-3-4-11-9(12)7-5-6(2)8(10)13-7/h5H,3-4H2,1-2H3,(H,11,12). The summed E-state index contributed by atoms with van der Waals surface area (Å²) in [5, 5.41) is 2.84. The normalized spacial score (nSPS) is 10.1. The predicted octanol–water partition coefficient (Wildman–Crippen LogP) is 2.96. The van der Waals surface area contributed by atoms with Crippen LogP contribution in [0.25, 0.3) is 0 Å². The van der Waals surface area contributed by atoms with Crippen LogP contribution in [0.2, 0.25) is 0 Å². The maximum absolute atomic E-state index is 11.4. The van der Waals surface area contributed by atoms with Gasteiger partial charge in [0.05, 0.1) is 8.66 Å². The molecule has 1 amide bonds. The lowest BCUT2D eigenvalue weighted by atomic mass is 10.3. The molecule has 0 saturated carbocycles. The molecule has 1 aromatic heterocycles. The monoisotopic (exact) mass is 261 g/mol. The third kappa shape index (κ3) is 2.81. The first kappa shape index (κ1) is 10.7. The molecule has 1 rings (SSSR count). The van der Waals surface area contributed by atoms with Crippen LogP contribution < -0.4 is 5.32 Å². The third-order valence-corrected chi connectivity index (χ3v) is 3.75. The second kappa shape index (κ2) is 4.77. The number of carbonyl (C=O) groups is 1.